The topological polar surface area (TPSA) is 200 Å². The second kappa shape index (κ2) is 10.6. The molecule has 0 aliphatic carbocycles. The predicted octanol–water partition coefficient (Wildman–Crippen LogP) is -0.226. The minimum atomic E-state index is -1.29. The number of nitrogens with zero attached hydrogens (tertiary/aromatic N) is 1. The van der Waals surface area contributed by atoms with Crippen molar-refractivity contribution < 1.29 is 24.6 Å². The van der Waals surface area contributed by atoms with Gasteiger partial charge in [-0.3, -0.25) is 19.4 Å². The number of rotatable bonds is 10. The minimum Gasteiger partial charge on any atom is -0.481 e. The Hall–Kier alpha value is -3.93. The van der Waals surface area contributed by atoms with Crippen LogP contribution in [0.2, 0.25) is 0 Å². The second-order valence-corrected chi connectivity index (χ2v) is 7.85. The third-order valence-corrected chi connectivity index (χ3v) is 5.31. The van der Waals surface area contributed by atoms with Crippen LogP contribution in [0.5, 0.6) is 0 Å². The van der Waals surface area contributed by atoms with Crippen molar-refractivity contribution in [1.82, 2.24) is 20.6 Å². The van der Waals surface area contributed by atoms with Gasteiger partial charge in [0.15, 0.2) is 0 Å². The van der Waals surface area contributed by atoms with Gasteiger partial charge in [0.1, 0.15) is 11.9 Å². The summed E-state index contributed by atoms with van der Waals surface area (Å²) < 4.78 is 0. The van der Waals surface area contributed by atoms with Gasteiger partial charge in [-0.05, 0) is 36.5 Å². The Bertz CT molecular complexity index is 1080. The summed E-state index contributed by atoms with van der Waals surface area (Å²) in [5.74, 6) is -2.21. The van der Waals surface area contributed by atoms with Crippen LogP contribution in [0, 0.1) is 5.92 Å². The Kier molecular flexibility index (Phi) is 7.61. The molecule has 0 spiro atoms. The third-order valence-electron chi connectivity index (χ3n) is 5.31. The van der Waals surface area contributed by atoms with Gasteiger partial charge in [-0.15, -0.1) is 0 Å². The number of hydrogen-bond acceptors (Lipinski definition) is 8. The first kappa shape index (κ1) is 23.7. The Balaban J connectivity index is 1.48. The average Bonchev–Trinajstić information content (AvgIpc) is 2.77. The summed E-state index contributed by atoms with van der Waals surface area (Å²) in [6.45, 7) is 1.85. The van der Waals surface area contributed by atoms with E-state index in [2.05, 4.69) is 25.9 Å². The highest BCUT2D eigenvalue weighted by Gasteiger charge is 2.23. The van der Waals surface area contributed by atoms with E-state index < -0.39 is 23.9 Å². The number of nitrogen functional groups attached to an aromatic ring is 1. The maximum Gasteiger partial charge on any atom is 0.326 e. The molecule has 12 heteroatoms. The van der Waals surface area contributed by atoms with Gasteiger partial charge >= 0.3 is 11.9 Å². The van der Waals surface area contributed by atoms with Crippen molar-refractivity contribution >= 4 is 29.6 Å². The molecule has 1 aromatic carbocycles. The summed E-state index contributed by atoms with van der Waals surface area (Å²) >= 11 is 0. The monoisotopic (exact) mass is 458 g/mol. The number of aliphatic carboxylic acids is 2. The summed E-state index contributed by atoms with van der Waals surface area (Å²) in [5, 5.41) is 26.7. The largest absolute Gasteiger partial charge is 0.481 e. The Morgan fingerprint density at radius 3 is 2.61 bits per heavy atom. The number of carboxylic acids is 2. The maximum atomic E-state index is 12.3. The molecule has 176 valence electrons. The Labute approximate surface area is 188 Å². The van der Waals surface area contributed by atoms with E-state index in [1.165, 1.54) is 0 Å². The fourth-order valence-electron chi connectivity index (χ4n) is 3.56. The zero-order valence-corrected chi connectivity index (χ0v) is 17.8. The van der Waals surface area contributed by atoms with Crippen molar-refractivity contribution in [2.45, 2.75) is 31.8 Å². The number of benzene rings is 1. The van der Waals surface area contributed by atoms with Crippen molar-refractivity contribution in [2.24, 2.45) is 5.92 Å². The van der Waals surface area contributed by atoms with E-state index in [4.69, 9.17) is 15.9 Å². The van der Waals surface area contributed by atoms with E-state index in [0.29, 0.717) is 37.4 Å². The highest BCUT2D eigenvalue weighted by atomic mass is 16.4. The zero-order chi connectivity index (χ0) is 24.0. The summed E-state index contributed by atoms with van der Waals surface area (Å²) in [6.07, 6.45) is 0.0147. The first-order valence-electron chi connectivity index (χ1n) is 10.4. The van der Waals surface area contributed by atoms with Crippen molar-refractivity contribution in [2.75, 3.05) is 24.1 Å². The second-order valence-electron chi connectivity index (χ2n) is 7.85. The summed E-state index contributed by atoms with van der Waals surface area (Å²) in [4.78, 5) is 52.8. The van der Waals surface area contributed by atoms with Gasteiger partial charge in [-0.2, -0.15) is 4.98 Å². The van der Waals surface area contributed by atoms with Crippen molar-refractivity contribution in [3.05, 3.63) is 51.3 Å². The smallest absolute Gasteiger partial charge is 0.326 e. The average molecular weight is 458 g/mol. The fraction of sp³-hybridized carbons (Fsp3) is 0.381. The lowest BCUT2D eigenvalue weighted by Gasteiger charge is -2.25. The number of aromatic nitrogens is 2. The number of hydrogen-bond donors (Lipinski definition) is 7. The van der Waals surface area contributed by atoms with Crippen LogP contribution in [0.15, 0.2) is 29.1 Å². The van der Waals surface area contributed by atoms with Gasteiger partial charge in [-0.1, -0.05) is 12.1 Å². The van der Waals surface area contributed by atoms with E-state index in [1.807, 2.05) is 0 Å². The Morgan fingerprint density at radius 2 is 1.94 bits per heavy atom. The highest BCUT2D eigenvalue weighted by molar-refractivity contribution is 5.96. The quantitative estimate of drug-likeness (QED) is 0.249. The van der Waals surface area contributed by atoms with Crippen molar-refractivity contribution in [1.29, 1.82) is 0 Å². The fourth-order valence-corrected chi connectivity index (χ4v) is 3.56. The number of fused-ring (bicyclic) bond motifs is 1. The lowest BCUT2D eigenvalue weighted by Crippen LogP contribution is -2.41. The molecular formula is C21H26N6O6. The van der Waals surface area contributed by atoms with Crippen LogP contribution in [0.3, 0.4) is 0 Å². The number of nitrogens with two attached hydrogens (primary N) is 1. The molecule has 2 heterocycles. The van der Waals surface area contributed by atoms with Gasteiger partial charge < -0.3 is 31.9 Å². The van der Waals surface area contributed by atoms with Crippen LogP contribution in [0.1, 0.15) is 34.3 Å². The molecule has 0 unspecified atom stereocenters. The summed E-state index contributed by atoms with van der Waals surface area (Å²) in [6, 6.07) is 5.39. The first-order valence-corrected chi connectivity index (χ1v) is 10.4. The number of aromatic amines is 1. The van der Waals surface area contributed by atoms with E-state index in [1.54, 1.807) is 24.3 Å². The SMILES string of the molecule is Nc1nc2c(c(=O)[nH]1)C[C@@H](CNCc1ccc(C(=O)N[C@H](CCC(=O)O)C(=O)O)cc1)CN2. The molecule has 2 atom stereocenters. The van der Waals surface area contributed by atoms with Crippen LogP contribution < -0.4 is 27.2 Å². The molecule has 2 aromatic rings. The van der Waals surface area contributed by atoms with Crippen molar-refractivity contribution in [3.63, 3.8) is 0 Å². The number of H-pyrrole nitrogens is 1. The molecular weight excluding hydrogens is 432 g/mol. The molecule has 0 radical (unpaired) electrons. The minimum absolute atomic E-state index is 0.0821. The summed E-state index contributed by atoms with van der Waals surface area (Å²) in [7, 11) is 0. The number of carboxylic acid groups (broad SMARTS) is 2. The number of anilines is 2. The van der Waals surface area contributed by atoms with Crippen LogP contribution in [-0.2, 0) is 22.6 Å². The lowest BCUT2D eigenvalue weighted by atomic mass is 9.96. The maximum absolute atomic E-state index is 12.3. The van der Waals surface area contributed by atoms with Gasteiger partial charge in [0.25, 0.3) is 11.5 Å². The highest BCUT2D eigenvalue weighted by Crippen LogP contribution is 2.19. The first-order chi connectivity index (χ1) is 15.7. The Morgan fingerprint density at radius 1 is 1.21 bits per heavy atom. The molecule has 1 aromatic heterocycles. The number of carbonyl (C=O) groups is 3. The van der Waals surface area contributed by atoms with Crippen molar-refractivity contribution in [3.8, 4) is 0 Å². The number of nitrogens with one attached hydrogen (secondary N) is 4. The molecule has 0 bridgehead atoms. The number of carbonyl (C=O) groups excluding carboxylic acids is 1. The lowest BCUT2D eigenvalue weighted by molar-refractivity contribution is -0.140. The van der Waals surface area contributed by atoms with Crippen LogP contribution in [0.4, 0.5) is 11.8 Å². The molecule has 12 nitrogen and oxygen atoms in total. The molecule has 1 aliphatic rings. The molecule has 8 N–H and O–H groups in total. The van der Waals surface area contributed by atoms with Crippen LogP contribution in [0.25, 0.3) is 0 Å². The van der Waals surface area contributed by atoms with E-state index >= 15 is 0 Å². The zero-order valence-electron chi connectivity index (χ0n) is 17.8. The van der Waals surface area contributed by atoms with Crippen LogP contribution >= 0.6 is 0 Å². The molecule has 1 amide bonds. The normalized spacial score (nSPS) is 15.7. The van der Waals surface area contributed by atoms with Gasteiger partial charge in [0.2, 0.25) is 5.95 Å². The molecule has 33 heavy (non-hydrogen) atoms. The van der Waals surface area contributed by atoms with Gasteiger partial charge in [-0.25, -0.2) is 4.79 Å². The van der Waals surface area contributed by atoms with E-state index in [0.717, 1.165) is 5.56 Å². The molecule has 0 saturated carbocycles. The molecule has 0 saturated heterocycles. The summed E-state index contributed by atoms with van der Waals surface area (Å²) in [5.41, 5.74) is 7.10. The van der Waals surface area contributed by atoms with E-state index in [9.17, 15) is 19.2 Å². The van der Waals surface area contributed by atoms with Gasteiger partial charge in [0, 0.05) is 31.6 Å². The standard InChI is InChI=1S/C21H26N6O6/c22-21-26-17-14(19(31)27-21)7-12(10-24-17)9-23-8-11-1-3-13(4-2-11)18(30)25-15(20(32)33)5-6-16(28)29/h1-4,12,15,23H,5-10H2,(H,25,30)(H,28,29)(H,32,33)(H4,22,24,26,27,31)/t12-,15+/m0/s1. The third kappa shape index (κ3) is 6.53. The van der Waals surface area contributed by atoms with E-state index in [-0.39, 0.29) is 35.8 Å². The number of amides is 1. The molecule has 0 fully saturated rings. The van der Waals surface area contributed by atoms with Gasteiger partial charge in [0.05, 0.1) is 5.56 Å². The molecule has 1 aliphatic heterocycles. The molecule has 3 rings (SSSR count). The van der Waals surface area contributed by atoms with Crippen LogP contribution in [-0.4, -0.2) is 57.2 Å². The predicted molar refractivity (Wildman–Crippen MR) is 119 cm³/mol.